The van der Waals surface area contributed by atoms with E-state index in [9.17, 15) is 9.00 Å². The maximum Gasteiger partial charge on any atom is 0.337 e. The predicted octanol–water partition coefficient (Wildman–Crippen LogP) is 4.36. The van der Waals surface area contributed by atoms with Gasteiger partial charge in [0.1, 0.15) is 0 Å². The van der Waals surface area contributed by atoms with E-state index in [2.05, 4.69) is 13.8 Å². The Morgan fingerprint density at radius 2 is 2.10 bits per heavy atom. The lowest BCUT2D eigenvalue weighted by Crippen LogP contribution is -2.11. The summed E-state index contributed by atoms with van der Waals surface area (Å²) in [5, 5.41) is 9.21. The van der Waals surface area contributed by atoms with Crippen molar-refractivity contribution in [2.24, 2.45) is 5.92 Å². The van der Waals surface area contributed by atoms with Crippen molar-refractivity contribution in [3.63, 3.8) is 0 Å². The van der Waals surface area contributed by atoms with Gasteiger partial charge >= 0.3 is 5.97 Å². The zero-order valence-electron chi connectivity index (χ0n) is 11.9. The molecule has 0 saturated carbocycles. The lowest BCUT2D eigenvalue weighted by molar-refractivity contribution is 0.0697. The average Bonchev–Trinajstić information content (AvgIpc) is 2.43. The molecule has 2 unspecified atom stereocenters. The molecule has 112 valence electrons. The molecule has 0 saturated heterocycles. The van der Waals surface area contributed by atoms with Crippen molar-refractivity contribution in [1.29, 1.82) is 0 Å². The van der Waals surface area contributed by atoms with Crippen LogP contribution in [0.15, 0.2) is 23.1 Å². The Morgan fingerprint density at radius 3 is 2.65 bits per heavy atom. The summed E-state index contributed by atoms with van der Waals surface area (Å²) in [6.07, 6.45) is 4.33. The minimum absolute atomic E-state index is 0.0131. The van der Waals surface area contributed by atoms with E-state index in [1.165, 1.54) is 12.1 Å². The van der Waals surface area contributed by atoms with Gasteiger partial charge in [-0.1, -0.05) is 44.7 Å². The molecule has 0 radical (unpaired) electrons. The predicted molar refractivity (Wildman–Crippen MR) is 83.0 cm³/mol. The summed E-state index contributed by atoms with van der Waals surface area (Å²) in [5.74, 6) is -0.0939. The van der Waals surface area contributed by atoms with Crippen molar-refractivity contribution in [2.75, 3.05) is 5.75 Å². The molecule has 1 aromatic rings. The van der Waals surface area contributed by atoms with Gasteiger partial charge in [0.25, 0.3) is 0 Å². The number of hydrogen-bond donors (Lipinski definition) is 1. The van der Waals surface area contributed by atoms with Gasteiger partial charge in [-0.05, 0) is 30.5 Å². The van der Waals surface area contributed by atoms with Crippen LogP contribution in [0.25, 0.3) is 0 Å². The molecular formula is C15H21ClO3S. The summed E-state index contributed by atoms with van der Waals surface area (Å²) in [5.41, 5.74) is 0.0131. The summed E-state index contributed by atoms with van der Waals surface area (Å²) < 4.78 is 12.3. The number of rotatable bonds is 8. The normalized spacial score (nSPS) is 13.9. The Bertz CT molecular complexity index is 488. The van der Waals surface area contributed by atoms with Crippen molar-refractivity contribution < 1.29 is 14.1 Å². The summed E-state index contributed by atoms with van der Waals surface area (Å²) in [7, 11) is -1.17. The number of carboxylic acid groups (broad SMARTS) is 1. The Hall–Kier alpha value is -0.870. The zero-order chi connectivity index (χ0) is 15.1. The number of halogens is 1. The van der Waals surface area contributed by atoms with E-state index in [1.807, 2.05) is 0 Å². The average molecular weight is 317 g/mol. The van der Waals surface area contributed by atoms with Crippen LogP contribution >= 0.6 is 11.6 Å². The van der Waals surface area contributed by atoms with Crippen LogP contribution in [0.3, 0.4) is 0 Å². The van der Waals surface area contributed by atoms with Gasteiger partial charge in [0.15, 0.2) is 0 Å². The fraction of sp³-hybridized carbons (Fsp3) is 0.533. The fourth-order valence-corrected chi connectivity index (χ4v) is 3.71. The molecule has 1 rings (SSSR count). The summed E-state index contributed by atoms with van der Waals surface area (Å²) >= 11 is 5.82. The number of carboxylic acids is 1. The zero-order valence-corrected chi connectivity index (χ0v) is 13.5. The summed E-state index contributed by atoms with van der Waals surface area (Å²) in [6.45, 7) is 4.24. The van der Waals surface area contributed by atoms with Gasteiger partial charge in [-0.15, -0.1) is 0 Å². The number of carbonyl (C=O) groups is 1. The highest BCUT2D eigenvalue weighted by molar-refractivity contribution is 7.85. The van der Waals surface area contributed by atoms with E-state index >= 15 is 0 Å². The molecule has 0 aliphatic rings. The molecule has 2 atom stereocenters. The van der Waals surface area contributed by atoms with Gasteiger partial charge in [-0.2, -0.15) is 0 Å². The van der Waals surface area contributed by atoms with Gasteiger partial charge in [-0.3, -0.25) is 4.21 Å². The van der Waals surface area contributed by atoms with Crippen molar-refractivity contribution in [1.82, 2.24) is 0 Å². The van der Waals surface area contributed by atoms with Gasteiger partial charge in [0.05, 0.1) is 21.4 Å². The first-order valence-electron chi connectivity index (χ1n) is 6.90. The van der Waals surface area contributed by atoms with Gasteiger partial charge in [0.2, 0.25) is 0 Å². The number of benzene rings is 1. The molecule has 20 heavy (non-hydrogen) atoms. The Labute approximate surface area is 127 Å². The van der Waals surface area contributed by atoms with Crippen LogP contribution in [0.5, 0.6) is 0 Å². The molecule has 0 aliphatic carbocycles. The van der Waals surface area contributed by atoms with Gasteiger partial charge in [0, 0.05) is 10.6 Å². The summed E-state index contributed by atoms with van der Waals surface area (Å²) in [6, 6.07) is 4.58. The highest BCUT2D eigenvalue weighted by Crippen LogP contribution is 2.22. The van der Waals surface area contributed by atoms with Crippen molar-refractivity contribution in [3.05, 3.63) is 28.8 Å². The monoisotopic (exact) mass is 316 g/mol. The molecule has 0 heterocycles. The third-order valence-electron chi connectivity index (χ3n) is 3.36. The van der Waals surface area contributed by atoms with Crippen LogP contribution in [0.2, 0.25) is 5.02 Å². The second kappa shape index (κ2) is 8.42. The summed E-state index contributed by atoms with van der Waals surface area (Å²) in [4.78, 5) is 11.6. The standard InChI is InChI=1S/C15H21ClO3S/c1-3-5-6-11(4-2)10-20(19)12-7-8-14(16)13(9-12)15(17)18/h7-9,11H,3-6,10H2,1-2H3,(H,17,18). The van der Waals surface area contributed by atoms with Crippen molar-refractivity contribution >= 4 is 28.4 Å². The van der Waals surface area contributed by atoms with E-state index in [0.29, 0.717) is 16.6 Å². The fourth-order valence-electron chi connectivity index (χ4n) is 2.02. The van der Waals surface area contributed by atoms with E-state index in [4.69, 9.17) is 16.7 Å². The minimum atomic E-state index is -1.17. The second-order valence-electron chi connectivity index (χ2n) is 4.88. The van der Waals surface area contributed by atoms with Crippen LogP contribution in [0.1, 0.15) is 49.9 Å². The SMILES string of the molecule is CCCCC(CC)CS(=O)c1ccc(Cl)c(C(=O)O)c1. The number of unbranched alkanes of at least 4 members (excludes halogenated alkanes) is 1. The van der Waals surface area contributed by atoms with Crippen LogP contribution < -0.4 is 0 Å². The largest absolute Gasteiger partial charge is 0.478 e. The number of aromatic carboxylic acids is 1. The van der Waals surface area contributed by atoms with E-state index in [1.54, 1.807) is 6.07 Å². The van der Waals surface area contributed by atoms with Crippen LogP contribution in [-0.4, -0.2) is 21.0 Å². The Morgan fingerprint density at radius 1 is 1.40 bits per heavy atom. The van der Waals surface area contributed by atoms with Crippen molar-refractivity contribution in [2.45, 2.75) is 44.4 Å². The van der Waals surface area contributed by atoms with E-state index in [-0.39, 0.29) is 10.6 Å². The molecule has 0 amide bonds. The molecule has 0 aromatic heterocycles. The van der Waals surface area contributed by atoms with Gasteiger partial charge < -0.3 is 5.11 Å². The second-order valence-corrected chi connectivity index (χ2v) is 6.78. The van der Waals surface area contributed by atoms with Crippen LogP contribution in [-0.2, 0) is 10.8 Å². The molecule has 1 aromatic carbocycles. The smallest absolute Gasteiger partial charge is 0.337 e. The Kier molecular flexibility index (Phi) is 7.24. The molecule has 0 bridgehead atoms. The third kappa shape index (κ3) is 4.91. The Balaban J connectivity index is 2.81. The first-order chi connectivity index (χ1) is 9.49. The molecule has 1 N–H and O–H groups in total. The molecule has 0 fully saturated rings. The van der Waals surface area contributed by atoms with Crippen molar-refractivity contribution in [3.8, 4) is 0 Å². The topological polar surface area (TPSA) is 54.4 Å². The molecular weight excluding hydrogens is 296 g/mol. The quantitative estimate of drug-likeness (QED) is 0.775. The third-order valence-corrected chi connectivity index (χ3v) is 5.24. The molecule has 3 nitrogen and oxygen atoms in total. The molecule has 0 aliphatic heterocycles. The molecule has 0 spiro atoms. The highest BCUT2D eigenvalue weighted by atomic mass is 35.5. The van der Waals surface area contributed by atoms with E-state index < -0.39 is 16.8 Å². The van der Waals surface area contributed by atoms with E-state index in [0.717, 1.165) is 25.7 Å². The maximum absolute atomic E-state index is 12.3. The first kappa shape index (κ1) is 17.2. The maximum atomic E-state index is 12.3. The van der Waals surface area contributed by atoms with Gasteiger partial charge in [-0.25, -0.2) is 4.79 Å². The molecule has 5 heteroatoms. The first-order valence-corrected chi connectivity index (χ1v) is 8.60. The lowest BCUT2D eigenvalue weighted by Gasteiger charge is -2.14. The highest BCUT2D eigenvalue weighted by Gasteiger charge is 2.15. The lowest BCUT2D eigenvalue weighted by atomic mass is 10.0. The number of hydrogen-bond acceptors (Lipinski definition) is 2. The van der Waals surface area contributed by atoms with Crippen LogP contribution in [0.4, 0.5) is 0 Å². The minimum Gasteiger partial charge on any atom is -0.478 e. The van der Waals surface area contributed by atoms with Crippen LogP contribution in [0, 0.1) is 5.92 Å².